The van der Waals surface area contributed by atoms with Gasteiger partial charge in [-0.2, -0.15) is 0 Å². The predicted molar refractivity (Wildman–Crippen MR) is 80.0 cm³/mol. The van der Waals surface area contributed by atoms with Gasteiger partial charge in [0.1, 0.15) is 0 Å². The molecule has 0 aliphatic heterocycles. The first-order valence-corrected chi connectivity index (χ1v) is 6.58. The standard InChI is InChI=1S/C13H17N3O2S.BrH/c1-4-8-19-13(14)16-15-9-10-6-5-7-11(17-2)12(10)18-3;/h4-7,9H,1,8H2,2-3H3,(H2,14,16);1H. The third kappa shape index (κ3) is 5.66. The third-order valence-electron chi connectivity index (χ3n) is 2.18. The first kappa shape index (κ1) is 18.5. The lowest BCUT2D eigenvalue weighted by Gasteiger charge is -2.07. The van der Waals surface area contributed by atoms with Gasteiger partial charge in [0.15, 0.2) is 11.5 Å². The molecule has 0 fully saturated rings. The Kier molecular flexibility index (Phi) is 9.57. The van der Waals surface area contributed by atoms with Crippen LogP contribution in [-0.2, 0) is 0 Å². The van der Waals surface area contributed by atoms with Crippen molar-refractivity contribution in [3.8, 4) is 11.5 Å². The fraction of sp³-hybridized carbons (Fsp3) is 0.231. The minimum absolute atomic E-state index is 0. The number of para-hydroxylation sites is 1. The Morgan fingerprint density at radius 3 is 2.80 bits per heavy atom. The smallest absolute Gasteiger partial charge is 0.226 e. The molecule has 7 heteroatoms. The number of thioether (sulfide) groups is 1. The van der Waals surface area contributed by atoms with E-state index in [0.717, 1.165) is 11.3 Å². The zero-order chi connectivity index (χ0) is 14.1. The number of nitrogens with one attached hydrogen (secondary N) is 1. The lowest BCUT2D eigenvalue weighted by Crippen LogP contribution is -3.00. The van der Waals surface area contributed by atoms with Gasteiger partial charge in [-0.3, -0.25) is 0 Å². The first-order chi connectivity index (χ1) is 9.22. The van der Waals surface area contributed by atoms with E-state index >= 15 is 0 Å². The highest BCUT2D eigenvalue weighted by atomic mass is 79.9. The second-order valence-electron chi connectivity index (χ2n) is 3.41. The van der Waals surface area contributed by atoms with Crippen molar-refractivity contribution in [3.05, 3.63) is 36.4 Å². The molecule has 20 heavy (non-hydrogen) atoms. The molecule has 0 saturated heterocycles. The number of hydrogen-bond acceptors (Lipinski definition) is 4. The van der Waals surface area contributed by atoms with Crippen molar-refractivity contribution in [2.75, 3.05) is 20.0 Å². The second-order valence-corrected chi connectivity index (χ2v) is 4.45. The summed E-state index contributed by atoms with van der Waals surface area (Å²) in [5.41, 5.74) is 6.50. The molecule has 1 rings (SSSR count). The van der Waals surface area contributed by atoms with E-state index < -0.39 is 0 Å². The summed E-state index contributed by atoms with van der Waals surface area (Å²) >= 11 is 1.40. The summed E-state index contributed by atoms with van der Waals surface area (Å²) in [6.07, 6.45) is 3.46. The van der Waals surface area contributed by atoms with Gasteiger partial charge < -0.3 is 32.2 Å². The number of halogens is 1. The fourth-order valence-corrected chi connectivity index (χ4v) is 1.77. The summed E-state index contributed by atoms with van der Waals surface area (Å²) in [5.74, 6) is 2.03. The van der Waals surface area contributed by atoms with E-state index in [2.05, 4.69) is 16.8 Å². The summed E-state index contributed by atoms with van der Waals surface area (Å²) in [6.45, 7) is 3.61. The highest BCUT2D eigenvalue weighted by molar-refractivity contribution is 8.13. The van der Waals surface area contributed by atoms with E-state index in [1.165, 1.54) is 11.8 Å². The van der Waals surface area contributed by atoms with Crippen LogP contribution in [0.3, 0.4) is 0 Å². The highest BCUT2D eigenvalue weighted by Gasteiger charge is 2.09. The molecule has 110 valence electrons. The van der Waals surface area contributed by atoms with Crippen LogP contribution in [0.25, 0.3) is 0 Å². The van der Waals surface area contributed by atoms with Crippen molar-refractivity contribution in [2.24, 2.45) is 10.8 Å². The average Bonchev–Trinajstić information content (AvgIpc) is 2.44. The summed E-state index contributed by atoms with van der Waals surface area (Å²) < 4.78 is 10.5. The monoisotopic (exact) mass is 359 g/mol. The molecule has 0 unspecified atom stereocenters. The van der Waals surface area contributed by atoms with Crippen LogP contribution in [0.5, 0.6) is 11.5 Å². The number of benzene rings is 1. The van der Waals surface area contributed by atoms with Gasteiger partial charge in [-0.25, -0.2) is 0 Å². The maximum absolute atomic E-state index is 5.68. The maximum atomic E-state index is 5.68. The van der Waals surface area contributed by atoms with E-state index in [1.807, 2.05) is 18.2 Å². The summed E-state index contributed by atoms with van der Waals surface area (Å²) in [4.78, 5) is 0. The van der Waals surface area contributed by atoms with Gasteiger partial charge in [-0.1, -0.05) is 23.9 Å². The van der Waals surface area contributed by atoms with E-state index in [0.29, 0.717) is 16.7 Å². The van der Waals surface area contributed by atoms with Gasteiger partial charge in [0, 0.05) is 10.9 Å². The number of hydrogen-bond donors (Lipinski definition) is 2. The van der Waals surface area contributed by atoms with Crippen molar-refractivity contribution >= 4 is 23.1 Å². The molecule has 0 aromatic heterocycles. The fourth-order valence-electron chi connectivity index (χ4n) is 1.37. The quantitative estimate of drug-likeness (QED) is 0.252. The number of methoxy groups -OCH3 is 2. The van der Waals surface area contributed by atoms with Gasteiger partial charge in [0.25, 0.3) is 0 Å². The number of rotatable bonds is 6. The molecule has 3 N–H and O–H groups in total. The van der Waals surface area contributed by atoms with Crippen molar-refractivity contribution < 1.29 is 31.6 Å². The minimum Gasteiger partial charge on any atom is -1.00 e. The van der Waals surface area contributed by atoms with Crippen molar-refractivity contribution in [1.29, 1.82) is 0 Å². The van der Waals surface area contributed by atoms with Crippen LogP contribution < -0.4 is 37.3 Å². The molecular formula is C13H18BrN3O2S. The molecule has 1 aromatic carbocycles. The Labute approximate surface area is 133 Å². The van der Waals surface area contributed by atoms with Gasteiger partial charge in [-0.15, -0.1) is 11.7 Å². The summed E-state index contributed by atoms with van der Waals surface area (Å²) in [5, 5.41) is 7.22. The van der Waals surface area contributed by atoms with Crippen LogP contribution in [0.4, 0.5) is 0 Å². The van der Waals surface area contributed by atoms with E-state index in [-0.39, 0.29) is 17.0 Å². The van der Waals surface area contributed by atoms with Crippen LogP contribution in [-0.4, -0.2) is 31.4 Å². The van der Waals surface area contributed by atoms with Gasteiger partial charge >= 0.3 is 0 Å². The molecule has 1 aromatic rings. The molecule has 0 aliphatic carbocycles. The largest absolute Gasteiger partial charge is 1.00 e. The van der Waals surface area contributed by atoms with Crippen LogP contribution in [0, 0.1) is 0 Å². The normalized spacial score (nSPS) is 11.0. The zero-order valence-corrected chi connectivity index (χ0v) is 13.8. The molecule has 0 atom stereocenters. The molecule has 5 nitrogen and oxygen atoms in total. The van der Waals surface area contributed by atoms with Crippen LogP contribution in [0.2, 0.25) is 0 Å². The van der Waals surface area contributed by atoms with E-state index in [4.69, 9.17) is 15.2 Å². The van der Waals surface area contributed by atoms with Crippen LogP contribution in [0.1, 0.15) is 5.56 Å². The van der Waals surface area contributed by atoms with E-state index in [1.54, 1.807) is 26.5 Å². The molecular weight excluding hydrogens is 342 g/mol. The predicted octanol–water partition coefficient (Wildman–Crippen LogP) is -2.64. The topological polar surface area (TPSA) is 70.8 Å². The minimum atomic E-state index is 0. The Bertz CT molecular complexity index is 493. The Hall–Kier alpha value is -1.47. The second kappa shape index (κ2) is 10.3. The highest BCUT2D eigenvalue weighted by Crippen LogP contribution is 2.28. The van der Waals surface area contributed by atoms with Crippen LogP contribution in [0.15, 0.2) is 36.0 Å². The molecule has 0 amide bonds. The first-order valence-electron chi connectivity index (χ1n) is 5.59. The number of amidine groups is 1. The van der Waals surface area contributed by atoms with Gasteiger partial charge in [0.2, 0.25) is 11.4 Å². The van der Waals surface area contributed by atoms with Crippen LogP contribution >= 0.6 is 11.8 Å². The Balaban J connectivity index is 0.00000361. The SMILES string of the molecule is C=CCSC(N)=N[NH+]=Cc1cccc(OC)c1OC.[Br-]. The molecule has 0 saturated carbocycles. The Morgan fingerprint density at radius 1 is 1.45 bits per heavy atom. The van der Waals surface area contributed by atoms with Crippen molar-refractivity contribution in [1.82, 2.24) is 0 Å². The zero-order valence-electron chi connectivity index (χ0n) is 11.4. The third-order valence-corrected chi connectivity index (χ3v) is 2.97. The van der Waals surface area contributed by atoms with E-state index in [9.17, 15) is 0 Å². The number of ether oxygens (including phenoxy) is 2. The number of hydrazone groups is 1. The molecule has 0 spiro atoms. The number of nitrogens with two attached hydrogens (primary N) is 1. The Morgan fingerprint density at radius 2 is 2.20 bits per heavy atom. The maximum Gasteiger partial charge on any atom is 0.226 e. The van der Waals surface area contributed by atoms with Gasteiger partial charge in [-0.05, 0) is 12.1 Å². The number of nitrogens with zero attached hydrogens (tertiary/aromatic N) is 1. The lowest BCUT2D eigenvalue weighted by atomic mass is 10.2. The van der Waals surface area contributed by atoms with Crippen molar-refractivity contribution in [3.63, 3.8) is 0 Å². The molecule has 0 radical (unpaired) electrons. The summed E-state index contributed by atoms with van der Waals surface area (Å²) in [6, 6.07) is 5.58. The molecule has 0 bridgehead atoms. The van der Waals surface area contributed by atoms with Crippen molar-refractivity contribution in [2.45, 2.75) is 0 Å². The lowest BCUT2D eigenvalue weighted by molar-refractivity contribution is -0.456. The molecule has 0 heterocycles. The molecule has 0 aliphatic rings. The average molecular weight is 360 g/mol. The summed E-state index contributed by atoms with van der Waals surface area (Å²) in [7, 11) is 3.18. The van der Waals surface area contributed by atoms with Gasteiger partial charge in [0.05, 0.1) is 19.8 Å².